The average Bonchev–Trinajstić information content (AvgIpc) is 2.13. The lowest BCUT2D eigenvalue weighted by atomic mass is 10.2. The quantitative estimate of drug-likeness (QED) is 0.483. The Hall–Kier alpha value is -0.570. The molecule has 0 aromatic carbocycles. The number of carbonyl (C=O) groups excluding carboxylic acids is 1. The number of hydrogen-bond acceptors (Lipinski definition) is 3. The van der Waals surface area contributed by atoms with E-state index < -0.39 is 0 Å². The minimum atomic E-state index is -0.108. The standard InChI is InChI=1S/C11H23NO2/c1-4-6-7-8-12-10(3)9-11(13)14-5-2/h10,12H,4-9H2,1-3H3. The molecule has 0 aliphatic rings. The number of hydrogen-bond donors (Lipinski definition) is 1. The topological polar surface area (TPSA) is 38.3 Å². The van der Waals surface area contributed by atoms with Crippen LogP contribution in [0.1, 0.15) is 46.5 Å². The van der Waals surface area contributed by atoms with Gasteiger partial charge in [0, 0.05) is 6.04 Å². The van der Waals surface area contributed by atoms with Gasteiger partial charge in [-0.15, -0.1) is 0 Å². The van der Waals surface area contributed by atoms with Gasteiger partial charge in [-0.2, -0.15) is 0 Å². The van der Waals surface area contributed by atoms with Crippen molar-refractivity contribution in [3.63, 3.8) is 0 Å². The first-order chi connectivity index (χ1) is 6.70. The average molecular weight is 201 g/mol. The van der Waals surface area contributed by atoms with Gasteiger partial charge in [0.1, 0.15) is 0 Å². The Morgan fingerprint density at radius 1 is 1.36 bits per heavy atom. The van der Waals surface area contributed by atoms with E-state index in [1.54, 1.807) is 0 Å². The molecule has 3 heteroatoms. The van der Waals surface area contributed by atoms with E-state index in [-0.39, 0.29) is 12.0 Å². The van der Waals surface area contributed by atoms with E-state index in [1.807, 2.05) is 13.8 Å². The monoisotopic (exact) mass is 201 g/mol. The third kappa shape index (κ3) is 8.05. The van der Waals surface area contributed by atoms with Gasteiger partial charge in [0.05, 0.1) is 13.0 Å². The summed E-state index contributed by atoms with van der Waals surface area (Å²) in [5, 5.41) is 3.31. The fraction of sp³-hybridized carbons (Fsp3) is 0.909. The Morgan fingerprint density at radius 3 is 2.64 bits per heavy atom. The smallest absolute Gasteiger partial charge is 0.307 e. The second kappa shape index (κ2) is 9.00. The predicted octanol–water partition coefficient (Wildman–Crippen LogP) is 2.11. The molecule has 0 aromatic heterocycles. The maximum atomic E-state index is 11.1. The summed E-state index contributed by atoms with van der Waals surface area (Å²) < 4.78 is 4.86. The first-order valence-corrected chi connectivity index (χ1v) is 5.59. The molecule has 0 saturated carbocycles. The van der Waals surface area contributed by atoms with E-state index in [2.05, 4.69) is 12.2 Å². The minimum Gasteiger partial charge on any atom is -0.466 e. The van der Waals surface area contributed by atoms with Crippen molar-refractivity contribution in [1.82, 2.24) is 5.32 Å². The van der Waals surface area contributed by atoms with Crippen LogP contribution in [0.15, 0.2) is 0 Å². The summed E-state index contributed by atoms with van der Waals surface area (Å²) in [6.45, 7) is 7.50. The van der Waals surface area contributed by atoms with Gasteiger partial charge in [-0.3, -0.25) is 4.79 Å². The molecule has 1 unspecified atom stereocenters. The minimum absolute atomic E-state index is 0.108. The summed E-state index contributed by atoms with van der Waals surface area (Å²) in [7, 11) is 0. The number of ether oxygens (including phenoxy) is 1. The molecule has 0 aromatic rings. The highest BCUT2D eigenvalue weighted by Gasteiger charge is 2.08. The van der Waals surface area contributed by atoms with Crippen molar-refractivity contribution < 1.29 is 9.53 Å². The van der Waals surface area contributed by atoms with Gasteiger partial charge in [-0.05, 0) is 26.8 Å². The van der Waals surface area contributed by atoms with Crippen LogP contribution in [0, 0.1) is 0 Å². The number of carbonyl (C=O) groups is 1. The zero-order valence-electron chi connectivity index (χ0n) is 9.64. The number of rotatable bonds is 8. The van der Waals surface area contributed by atoms with E-state index in [0.717, 1.165) is 6.54 Å². The van der Waals surface area contributed by atoms with Gasteiger partial charge < -0.3 is 10.1 Å². The van der Waals surface area contributed by atoms with Crippen LogP contribution in [0.5, 0.6) is 0 Å². The SMILES string of the molecule is CCCCCNC(C)CC(=O)OCC. The Bertz CT molecular complexity index is 148. The van der Waals surface area contributed by atoms with Crippen molar-refractivity contribution in [2.24, 2.45) is 0 Å². The van der Waals surface area contributed by atoms with Gasteiger partial charge in [0.15, 0.2) is 0 Å². The first-order valence-electron chi connectivity index (χ1n) is 5.59. The summed E-state index contributed by atoms with van der Waals surface area (Å²) in [5.41, 5.74) is 0. The molecule has 0 spiro atoms. The fourth-order valence-electron chi connectivity index (χ4n) is 1.27. The summed E-state index contributed by atoms with van der Waals surface area (Å²) in [6.07, 6.45) is 4.14. The molecule has 0 aliphatic carbocycles. The Balaban J connectivity index is 3.35. The van der Waals surface area contributed by atoms with Crippen LogP contribution in [0.2, 0.25) is 0 Å². The molecule has 0 saturated heterocycles. The van der Waals surface area contributed by atoms with Crippen LogP contribution in [-0.2, 0) is 9.53 Å². The van der Waals surface area contributed by atoms with Crippen LogP contribution < -0.4 is 5.32 Å². The zero-order chi connectivity index (χ0) is 10.8. The van der Waals surface area contributed by atoms with Gasteiger partial charge in [-0.1, -0.05) is 19.8 Å². The van der Waals surface area contributed by atoms with E-state index >= 15 is 0 Å². The summed E-state index contributed by atoms with van der Waals surface area (Å²) in [5.74, 6) is -0.108. The highest BCUT2D eigenvalue weighted by atomic mass is 16.5. The molecule has 0 rings (SSSR count). The molecule has 3 nitrogen and oxygen atoms in total. The molecule has 84 valence electrons. The molecule has 0 aliphatic heterocycles. The van der Waals surface area contributed by atoms with Gasteiger partial charge in [0.2, 0.25) is 0 Å². The molecule has 1 N–H and O–H groups in total. The molecule has 0 fully saturated rings. The van der Waals surface area contributed by atoms with Crippen molar-refractivity contribution in [3.8, 4) is 0 Å². The highest BCUT2D eigenvalue weighted by Crippen LogP contribution is 1.96. The maximum Gasteiger partial charge on any atom is 0.307 e. The lowest BCUT2D eigenvalue weighted by molar-refractivity contribution is -0.143. The largest absolute Gasteiger partial charge is 0.466 e. The van der Waals surface area contributed by atoms with Crippen LogP contribution in [0.25, 0.3) is 0 Å². The van der Waals surface area contributed by atoms with Crippen LogP contribution >= 0.6 is 0 Å². The van der Waals surface area contributed by atoms with E-state index in [4.69, 9.17) is 4.74 Å². The lowest BCUT2D eigenvalue weighted by Crippen LogP contribution is -2.30. The van der Waals surface area contributed by atoms with Gasteiger partial charge in [0.25, 0.3) is 0 Å². The first kappa shape index (κ1) is 13.4. The summed E-state index contributed by atoms with van der Waals surface area (Å²) in [6, 6.07) is 0.228. The zero-order valence-corrected chi connectivity index (χ0v) is 9.64. The Morgan fingerprint density at radius 2 is 2.07 bits per heavy atom. The second-order valence-corrected chi connectivity index (χ2v) is 3.57. The van der Waals surface area contributed by atoms with Crippen LogP contribution in [0.3, 0.4) is 0 Å². The predicted molar refractivity (Wildman–Crippen MR) is 58.2 cm³/mol. The molecule has 0 bridgehead atoms. The van der Waals surface area contributed by atoms with E-state index in [9.17, 15) is 4.79 Å². The van der Waals surface area contributed by atoms with Crippen LogP contribution in [-0.4, -0.2) is 25.2 Å². The molecular weight excluding hydrogens is 178 g/mol. The third-order valence-electron chi connectivity index (χ3n) is 2.05. The maximum absolute atomic E-state index is 11.1. The fourth-order valence-corrected chi connectivity index (χ4v) is 1.27. The van der Waals surface area contributed by atoms with Crippen molar-refractivity contribution in [3.05, 3.63) is 0 Å². The molecule has 0 amide bonds. The number of esters is 1. The van der Waals surface area contributed by atoms with Gasteiger partial charge in [-0.25, -0.2) is 0 Å². The molecule has 0 heterocycles. The van der Waals surface area contributed by atoms with Crippen molar-refractivity contribution in [2.75, 3.05) is 13.2 Å². The molecule has 1 atom stereocenters. The number of nitrogens with one attached hydrogen (secondary N) is 1. The number of unbranched alkanes of at least 4 members (excludes halogenated alkanes) is 2. The summed E-state index contributed by atoms with van der Waals surface area (Å²) >= 11 is 0. The van der Waals surface area contributed by atoms with Crippen LogP contribution in [0.4, 0.5) is 0 Å². The molecule has 0 radical (unpaired) electrons. The third-order valence-corrected chi connectivity index (χ3v) is 2.05. The van der Waals surface area contributed by atoms with E-state index in [0.29, 0.717) is 13.0 Å². The highest BCUT2D eigenvalue weighted by molar-refractivity contribution is 5.69. The van der Waals surface area contributed by atoms with Crippen molar-refractivity contribution in [2.45, 2.75) is 52.5 Å². The lowest BCUT2D eigenvalue weighted by Gasteiger charge is -2.12. The Labute approximate surface area is 87.2 Å². The van der Waals surface area contributed by atoms with Crippen molar-refractivity contribution in [1.29, 1.82) is 0 Å². The molecule has 14 heavy (non-hydrogen) atoms. The molecular formula is C11H23NO2. The van der Waals surface area contributed by atoms with E-state index in [1.165, 1.54) is 19.3 Å². The Kier molecular flexibility index (Phi) is 8.64. The second-order valence-electron chi connectivity index (χ2n) is 3.57. The normalized spacial score (nSPS) is 12.5. The van der Waals surface area contributed by atoms with Crippen molar-refractivity contribution >= 4 is 5.97 Å². The van der Waals surface area contributed by atoms with Gasteiger partial charge >= 0.3 is 5.97 Å². The summed E-state index contributed by atoms with van der Waals surface area (Å²) in [4.78, 5) is 11.1.